The van der Waals surface area contributed by atoms with Gasteiger partial charge in [0.2, 0.25) is 0 Å². The van der Waals surface area contributed by atoms with E-state index in [0.717, 1.165) is 18.8 Å². The third-order valence-corrected chi connectivity index (χ3v) is 3.44. The molecule has 1 fully saturated rings. The normalized spacial score (nSPS) is 17.7. The second-order valence-corrected chi connectivity index (χ2v) is 4.69. The summed E-state index contributed by atoms with van der Waals surface area (Å²) in [5, 5.41) is 0. The molecule has 1 saturated heterocycles. The molecule has 0 spiro atoms. The van der Waals surface area contributed by atoms with Crippen LogP contribution in [0.4, 0.5) is 5.69 Å². The van der Waals surface area contributed by atoms with Crippen molar-refractivity contribution < 1.29 is 0 Å². The largest absolute Gasteiger partial charge is 0.369 e. The minimum absolute atomic E-state index is 0.999. The van der Waals surface area contributed by atoms with Crippen LogP contribution in [0.3, 0.4) is 0 Å². The summed E-state index contributed by atoms with van der Waals surface area (Å²) in [6, 6.07) is 10.7. The molecule has 1 aromatic carbocycles. The molecule has 0 atom stereocenters. The molecule has 0 N–H and O–H groups in total. The highest BCUT2D eigenvalue weighted by molar-refractivity contribution is 7.80. The standard InChI is InChI=1S/C13H20N2S/c16-12-4-7-14-8-10-15(11-9-14)13-5-2-1-3-6-13/h1-3,5-6,16H,4,7-12H2. The third-order valence-electron chi connectivity index (χ3n) is 3.13. The number of para-hydroxylation sites is 1. The fraction of sp³-hybridized carbons (Fsp3) is 0.538. The zero-order chi connectivity index (χ0) is 11.2. The molecule has 0 bridgehead atoms. The Balaban J connectivity index is 1.81. The number of hydrogen-bond acceptors (Lipinski definition) is 3. The first-order valence-electron chi connectivity index (χ1n) is 6.03. The molecule has 88 valence electrons. The van der Waals surface area contributed by atoms with E-state index in [0.29, 0.717) is 0 Å². The van der Waals surface area contributed by atoms with Crippen LogP contribution in [0.15, 0.2) is 30.3 Å². The molecule has 3 heteroatoms. The zero-order valence-corrected chi connectivity index (χ0v) is 10.6. The number of rotatable bonds is 4. The van der Waals surface area contributed by atoms with Crippen LogP contribution < -0.4 is 4.90 Å². The lowest BCUT2D eigenvalue weighted by atomic mass is 10.2. The maximum atomic E-state index is 4.26. The Hall–Kier alpha value is -0.670. The number of thiol groups is 1. The Labute approximate surface area is 104 Å². The molecule has 0 aliphatic carbocycles. The molecule has 1 aliphatic rings. The van der Waals surface area contributed by atoms with Crippen molar-refractivity contribution >= 4 is 18.3 Å². The van der Waals surface area contributed by atoms with Crippen molar-refractivity contribution in [1.29, 1.82) is 0 Å². The van der Waals surface area contributed by atoms with Crippen LogP contribution in [-0.2, 0) is 0 Å². The van der Waals surface area contributed by atoms with Gasteiger partial charge < -0.3 is 4.90 Å². The first-order valence-corrected chi connectivity index (χ1v) is 6.66. The predicted molar refractivity (Wildman–Crippen MR) is 73.6 cm³/mol. The van der Waals surface area contributed by atoms with Gasteiger partial charge in [-0.2, -0.15) is 12.6 Å². The lowest BCUT2D eigenvalue weighted by Crippen LogP contribution is -2.46. The van der Waals surface area contributed by atoms with Crippen LogP contribution in [0.1, 0.15) is 6.42 Å². The molecule has 0 amide bonds. The number of hydrogen-bond donors (Lipinski definition) is 1. The molecule has 1 aliphatic heterocycles. The van der Waals surface area contributed by atoms with Gasteiger partial charge in [0.1, 0.15) is 0 Å². The fourth-order valence-corrected chi connectivity index (χ4v) is 2.30. The summed E-state index contributed by atoms with van der Waals surface area (Å²) in [7, 11) is 0. The highest BCUT2D eigenvalue weighted by atomic mass is 32.1. The van der Waals surface area contributed by atoms with E-state index < -0.39 is 0 Å². The molecule has 1 aromatic rings. The summed E-state index contributed by atoms with van der Waals surface area (Å²) >= 11 is 4.26. The van der Waals surface area contributed by atoms with E-state index in [1.807, 2.05) is 0 Å². The molecule has 0 radical (unpaired) electrons. The third kappa shape index (κ3) is 3.16. The molecule has 0 unspecified atom stereocenters. The van der Waals surface area contributed by atoms with E-state index in [1.165, 1.54) is 31.7 Å². The van der Waals surface area contributed by atoms with Crippen LogP contribution in [0, 0.1) is 0 Å². The monoisotopic (exact) mass is 236 g/mol. The molecular weight excluding hydrogens is 216 g/mol. The van der Waals surface area contributed by atoms with Crippen molar-refractivity contribution in [3.05, 3.63) is 30.3 Å². The minimum Gasteiger partial charge on any atom is -0.369 e. The van der Waals surface area contributed by atoms with Gasteiger partial charge in [0.05, 0.1) is 0 Å². The number of piperazine rings is 1. The Bertz CT molecular complexity index is 294. The molecule has 1 heterocycles. The summed E-state index contributed by atoms with van der Waals surface area (Å²) < 4.78 is 0. The number of anilines is 1. The smallest absolute Gasteiger partial charge is 0.0367 e. The Morgan fingerprint density at radius 3 is 2.31 bits per heavy atom. The zero-order valence-electron chi connectivity index (χ0n) is 9.68. The summed E-state index contributed by atoms with van der Waals surface area (Å²) in [6.07, 6.45) is 1.20. The van der Waals surface area contributed by atoms with E-state index in [4.69, 9.17) is 0 Å². The summed E-state index contributed by atoms with van der Waals surface area (Å²) in [4.78, 5) is 5.01. The van der Waals surface area contributed by atoms with Crippen molar-refractivity contribution in [2.24, 2.45) is 0 Å². The van der Waals surface area contributed by atoms with E-state index in [1.54, 1.807) is 0 Å². The van der Waals surface area contributed by atoms with Gasteiger partial charge in [-0.25, -0.2) is 0 Å². The van der Waals surface area contributed by atoms with E-state index >= 15 is 0 Å². The maximum absolute atomic E-state index is 4.26. The summed E-state index contributed by atoms with van der Waals surface area (Å²) in [6.45, 7) is 5.87. The van der Waals surface area contributed by atoms with Crippen LogP contribution in [0.2, 0.25) is 0 Å². The van der Waals surface area contributed by atoms with Gasteiger partial charge in [-0.15, -0.1) is 0 Å². The fourth-order valence-electron chi connectivity index (χ4n) is 2.16. The average molecular weight is 236 g/mol. The highest BCUT2D eigenvalue weighted by Gasteiger charge is 2.15. The van der Waals surface area contributed by atoms with Crippen molar-refractivity contribution in [2.45, 2.75) is 6.42 Å². The Kier molecular flexibility index (Phi) is 4.55. The van der Waals surface area contributed by atoms with Crippen LogP contribution >= 0.6 is 12.6 Å². The minimum atomic E-state index is 0.999. The van der Waals surface area contributed by atoms with Crippen LogP contribution in [0.25, 0.3) is 0 Å². The summed E-state index contributed by atoms with van der Waals surface area (Å²) in [5.41, 5.74) is 1.36. The second-order valence-electron chi connectivity index (χ2n) is 4.24. The molecule has 0 saturated carbocycles. The lowest BCUT2D eigenvalue weighted by molar-refractivity contribution is 0.259. The number of nitrogens with zero attached hydrogens (tertiary/aromatic N) is 2. The van der Waals surface area contributed by atoms with Crippen molar-refractivity contribution in [3.63, 3.8) is 0 Å². The lowest BCUT2D eigenvalue weighted by Gasteiger charge is -2.36. The second kappa shape index (κ2) is 6.16. The molecule has 16 heavy (non-hydrogen) atoms. The van der Waals surface area contributed by atoms with Gasteiger partial charge in [0.15, 0.2) is 0 Å². The van der Waals surface area contributed by atoms with E-state index in [9.17, 15) is 0 Å². The van der Waals surface area contributed by atoms with Gasteiger partial charge in [-0.3, -0.25) is 4.90 Å². The first-order chi connectivity index (χ1) is 7.90. The maximum Gasteiger partial charge on any atom is 0.0367 e. The quantitative estimate of drug-likeness (QED) is 0.800. The Morgan fingerprint density at radius 2 is 1.69 bits per heavy atom. The van der Waals surface area contributed by atoms with Gasteiger partial charge in [-0.05, 0) is 30.9 Å². The predicted octanol–water partition coefficient (Wildman–Crippen LogP) is 2.13. The van der Waals surface area contributed by atoms with Crippen molar-refractivity contribution in [3.8, 4) is 0 Å². The first kappa shape index (κ1) is 11.8. The van der Waals surface area contributed by atoms with E-state index in [2.05, 4.69) is 52.8 Å². The Morgan fingerprint density at radius 1 is 1.00 bits per heavy atom. The summed E-state index contributed by atoms with van der Waals surface area (Å²) in [5.74, 6) is 0.999. The molecule has 0 aromatic heterocycles. The highest BCUT2D eigenvalue weighted by Crippen LogP contribution is 2.15. The average Bonchev–Trinajstić information content (AvgIpc) is 2.38. The topological polar surface area (TPSA) is 6.48 Å². The van der Waals surface area contributed by atoms with Gasteiger partial charge in [0.25, 0.3) is 0 Å². The van der Waals surface area contributed by atoms with Gasteiger partial charge in [-0.1, -0.05) is 18.2 Å². The molecular formula is C13H20N2S. The van der Waals surface area contributed by atoms with Crippen LogP contribution in [0.5, 0.6) is 0 Å². The molecule has 2 rings (SSSR count). The SMILES string of the molecule is SCCCN1CCN(c2ccccc2)CC1. The van der Waals surface area contributed by atoms with Gasteiger partial charge >= 0.3 is 0 Å². The van der Waals surface area contributed by atoms with Crippen molar-refractivity contribution in [2.75, 3.05) is 43.4 Å². The van der Waals surface area contributed by atoms with Crippen LogP contribution in [-0.4, -0.2) is 43.4 Å². The molecule has 2 nitrogen and oxygen atoms in total. The van der Waals surface area contributed by atoms with E-state index in [-0.39, 0.29) is 0 Å². The number of benzene rings is 1. The van der Waals surface area contributed by atoms with Crippen molar-refractivity contribution in [1.82, 2.24) is 4.90 Å². The van der Waals surface area contributed by atoms with Gasteiger partial charge in [0, 0.05) is 31.9 Å².